The van der Waals surface area contributed by atoms with E-state index in [0.717, 1.165) is 25.1 Å². The molecule has 1 heterocycles. The van der Waals surface area contributed by atoms with Crippen molar-refractivity contribution < 1.29 is 9.66 Å². The lowest BCUT2D eigenvalue weighted by atomic mass is 10.1. The van der Waals surface area contributed by atoms with Gasteiger partial charge in [-0.25, -0.2) is 0 Å². The second-order valence-corrected chi connectivity index (χ2v) is 5.44. The molecule has 1 aliphatic heterocycles. The summed E-state index contributed by atoms with van der Waals surface area (Å²) in [6.45, 7) is 4.45. The molecule has 2 rings (SSSR count). The number of non-ortho nitro benzene ring substituents is 1. The second kappa shape index (κ2) is 5.75. The molecule has 6 heteroatoms. The molecule has 0 aromatic heterocycles. The minimum Gasteiger partial charge on any atom is -0.493 e. The van der Waals surface area contributed by atoms with Gasteiger partial charge in [0.2, 0.25) is 0 Å². The number of nitro benzene ring substituents is 1. The zero-order valence-corrected chi connectivity index (χ0v) is 11.8. The van der Waals surface area contributed by atoms with Gasteiger partial charge >= 0.3 is 0 Å². The fourth-order valence-electron chi connectivity index (χ4n) is 2.27. The van der Waals surface area contributed by atoms with E-state index in [9.17, 15) is 10.1 Å². The summed E-state index contributed by atoms with van der Waals surface area (Å²) in [6.07, 6.45) is 1.10. The highest BCUT2D eigenvalue weighted by Crippen LogP contribution is 2.32. The first-order valence-corrected chi connectivity index (χ1v) is 6.61. The first-order valence-electron chi connectivity index (χ1n) is 6.23. The number of rotatable bonds is 4. The van der Waals surface area contributed by atoms with Crippen LogP contribution in [0.15, 0.2) is 12.1 Å². The van der Waals surface area contributed by atoms with Crippen LogP contribution in [0.2, 0.25) is 5.02 Å². The quantitative estimate of drug-likeness (QED) is 0.630. The van der Waals surface area contributed by atoms with Gasteiger partial charge in [0.15, 0.2) is 0 Å². The lowest BCUT2D eigenvalue weighted by Crippen LogP contribution is -2.18. The standard InChI is InChI=1S/C13H17ClN2O3/c1-9-12(14)5-11(16(17)18)6-13(9)19-8-10-3-4-15(2)7-10/h5-6,10H,3-4,7-8H2,1-2H3. The molecule has 0 spiro atoms. The monoisotopic (exact) mass is 284 g/mol. The normalized spacial score (nSPS) is 19.6. The van der Waals surface area contributed by atoms with Gasteiger partial charge in [-0.15, -0.1) is 0 Å². The van der Waals surface area contributed by atoms with Gasteiger partial charge in [-0.3, -0.25) is 10.1 Å². The smallest absolute Gasteiger partial charge is 0.274 e. The van der Waals surface area contributed by atoms with Crippen LogP contribution in [0, 0.1) is 23.0 Å². The van der Waals surface area contributed by atoms with E-state index in [4.69, 9.17) is 16.3 Å². The van der Waals surface area contributed by atoms with Crippen molar-refractivity contribution in [2.45, 2.75) is 13.3 Å². The number of ether oxygens (including phenoxy) is 1. The molecule has 1 fully saturated rings. The fourth-order valence-corrected chi connectivity index (χ4v) is 2.47. The zero-order valence-electron chi connectivity index (χ0n) is 11.1. The van der Waals surface area contributed by atoms with Crippen molar-refractivity contribution in [2.24, 2.45) is 5.92 Å². The minimum absolute atomic E-state index is 0.0332. The maximum absolute atomic E-state index is 10.8. The van der Waals surface area contributed by atoms with Crippen molar-refractivity contribution in [3.8, 4) is 5.75 Å². The van der Waals surface area contributed by atoms with Crippen molar-refractivity contribution in [1.29, 1.82) is 0 Å². The lowest BCUT2D eigenvalue weighted by molar-refractivity contribution is -0.384. The third-order valence-electron chi connectivity index (χ3n) is 3.46. The molecule has 0 bridgehead atoms. The average Bonchev–Trinajstić information content (AvgIpc) is 2.76. The van der Waals surface area contributed by atoms with Crippen molar-refractivity contribution >= 4 is 17.3 Å². The molecular formula is C13H17ClN2O3. The van der Waals surface area contributed by atoms with Gasteiger partial charge in [-0.05, 0) is 26.9 Å². The predicted octanol–water partition coefficient (Wildman–Crippen LogP) is 2.89. The van der Waals surface area contributed by atoms with Gasteiger partial charge in [-0.2, -0.15) is 0 Å². The molecule has 0 radical (unpaired) electrons. The fraction of sp³-hybridized carbons (Fsp3) is 0.538. The van der Waals surface area contributed by atoms with E-state index in [1.807, 2.05) is 6.92 Å². The lowest BCUT2D eigenvalue weighted by Gasteiger charge is -2.14. The Balaban J connectivity index is 2.08. The maximum Gasteiger partial charge on any atom is 0.274 e. The zero-order chi connectivity index (χ0) is 14.0. The van der Waals surface area contributed by atoms with Gasteiger partial charge in [-0.1, -0.05) is 11.6 Å². The Morgan fingerprint density at radius 1 is 1.58 bits per heavy atom. The van der Waals surface area contributed by atoms with Gasteiger partial charge in [0, 0.05) is 24.1 Å². The average molecular weight is 285 g/mol. The molecule has 1 aromatic carbocycles. The summed E-state index contributed by atoms with van der Waals surface area (Å²) < 4.78 is 5.73. The van der Waals surface area contributed by atoms with Crippen LogP contribution < -0.4 is 4.74 Å². The highest BCUT2D eigenvalue weighted by Gasteiger charge is 2.21. The number of halogens is 1. The number of likely N-dealkylation sites (tertiary alicyclic amines) is 1. The van der Waals surface area contributed by atoms with E-state index in [1.54, 1.807) is 0 Å². The Morgan fingerprint density at radius 3 is 2.89 bits per heavy atom. The molecule has 1 atom stereocenters. The highest BCUT2D eigenvalue weighted by atomic mass is 35.5. The van der Waals surface area contributed by atoms with Gasteiger partial charge in [0.1, 0.15) is 5.75 Å². The van der Waals surface area contributed by atoms with E-state index in [-0.39, 0.29) is 5.69 Å². The van der Waals surface area contributed by atoms with Crippen LogP contribution in [0.5, 0.6) is 5.75 Å². The molecule has 0 saturated carbocycles. The highest BCUT2D eigenvalue weighted by molar-refractivity contribution is 6.31. The summed E-state index contributed by atoms with van der Waals surface area (Å²) in [5.41, 5.74) is 0.716. The van der Waals surface area contributed by atoms with E-state index < -0.39 is 4.92 Å². The summed E-state index contributed by atoms with van der Waals surface area (Å²) in [6, 6.07) is 2.80. The number of nitro groups is 1. The number of benzene rings is 1. The van der Waals surface area contributed by atoms with Crippen molar-refractivity contribution in [2.75, 3.05) is 26.7 Å². The van der Waals surface area contributed by atoms with Crippen LogP contribution in [-0.4, -0.2) is 36.6 Å². The van der Waals surface area contributed by atoms with Crippen molar-refractivity contribution in [3.63, 3.8) is 0 Å². The predicted molar refractivity (Wildman–Crippen MR) is 73.9 cm³/mol. The van der Waals surface area contributed by atoms with E-state index in [0.29, 0.717) is 23.3 Å². The molecule has 1 aromatic rings. The van der Waals surface area contributed by atoms with Crippen LogP contribution in [0.1, 0.15) is 12.0 Å². The molecule has 1 aliphatic rings. The molecule has 1 saturated heterocycles. The van der Waals surface area contributed by atoms with E-state index in [2.05, 4.69) is 11.9 Å². The Kier molecular flexibility index (Phi) is 4.27. The van der Waals surface area contributed by atoms with E-state index in [1.165, 1.54) is 12.1 Å². The third-order valence-corrected chi connectivity index (χ3v) is 3.85. The molecule has 19 heavy (non-hydrogen) atoms. The number of nitrogens with zero attached hydrogens (tertiary/aromatic N) is 2. The molecule has 0 amide bonds. The Morgan fingerprint density at radius 2 is 2.32 bits per heavy atom. The summed E-state index contributed by atoms with van der Waals surface area (Å²) in [7, 11) is 2.08. The molecule has 104 valence electrons. The summed E-state index contributed by atoms with van der Waals surface area (Å²) in [4.78, 5) is 12.6. The molecule has 1 unspecified atom stereocenters. The number of hydrogen-bond donors (Lipinski definition) is 0. The Bertz CT molecular complexity index is 493. The van der Waals surface area contributed by atoms with E-state index >= 15 is 0 Å². The summed E-state index contributed by atoms with van der Waals surface area (Å²) in [5, 5.41) is 11.2. The summed E-state index contributed by atoms with van der Waals surface area (Å²) in [5.74, 6) is 0.983. The molecule has 0 N–H and O–H groups in total. The largest absolute Gasteiger partial charge is 0.493 e. The Labute approximate surface area is 117 Å². The van der Waals surface area contributed by atoms with Crippen molar-refractivity contribution in [3.05, 3.63) is 32.8 Å². The third kappa shape index (κ3) is 3.36. The van der Waals surface area contributed by atoms with Crippen LogP contribution in [0.4, 0.5) is 5.69 Å². The molecular weight excluding hydrogens is 268 g/mol. The molecule has 0 aliphatic carbocycles. The van der Waals surface area contributed by atoms with Crippen molar-refractivity contribution in [1.82, 2.24) is 4.90 Å². The van der Waals surface area contributed by atoms with Crippen LogP contribution >= 0.6 is 11.6 Å². The summed E-state index contributed by atoms with van der Waals surface area (Å²) >= 11 is 5.99. The van der Waals surface area contributed by atoms with Gasteiger partial charge in [0.05, 0.1) is 22.6 Å². The first-order chi connectivity index (χ1) is 8.97. The molecule has 5 nitrogen and oxygen atoms in total. The minimum atomic E-state index is -0.457. The van der Waals surface area contributed by atoms with Crippen LogP contribution in [0.3, 0.4) is 0 Å². The Hall–Kier alpha value is -1.33. The topological polar surface area (TPSA) is 55.6 Å². The number of hydrogen-bond acceptors (Lipinski definition) is 4. The SMILES string of the molecule is Cc1c(Cl)cc([N+](=O)[O-])cc1OCC1CCN(C)C1. The van der Waals surface area contributed by atoms with Gasteiger partial charge < -0.3 is 9.64 Å². The van der Waals surface area contributed by atoms with Gasteiger partial charge in [0.25, 0.3) is 5.69 Å². The maximum atomic E-state index is 10.8. The van der Waals surface area contributed by atoms with Crippen LogP contribution in [0.25, 0.3) is 0 Å². The first kappa shape index (κ1) is 14.1. The van der Waals surface area contributed by atoms with Crippen LogP contribution in [-0.2, 0) is 0 Å². The second-order valence-electron chi connectivity index (χ2n) is 5.04.